The molecule has 10 nitrogen and oxygen atoms in total. The van der Waals surface area contributed by atoms with Gasteiger partial charge in [0.25, 0.3) is 11.8 Å². The van der Waals surface area contributed by atoms with Crippen LogP contribution in [0.1, 0.15) is 111 Å². The molecule has 4 rings (SSSR count). The monoisotopic (exact) mass is 760 g/mol. The van der Waals surface area contributed by atoms with Crippen LogP contribution in [0, 0.1) is 11.8 Å². The molecule has 0 radical (unpaired) electrons. The van der Waals surface area contributed by atoms with Gasteiger partial charge in [-0.25, -0.2) is 9.59 Å². The second kappa shape index (κ2) is 18.3. The first-order valence-corrected chi connectivity index (χ1v) is 19.4. The van der Waals surface area contributed by atoms with Gasteiger partial charge in [0.05, 0.1) is 23.0 Å². The molecule has 0 N–H and O–H groups in total. The van der Waals surface area contributed by atoms with Crippen LogP contribution < -0.4 is 0 Å². The van der Waals surface area contributed by atoms with Crippen LogP contribution in [0.2, 0.25) is 0 Å². The first kappa shape index (κ1) is 39.6. The van der Waals surface area contributed by atoms with Crippen molar-refractivity contribution in [2.45, 2.75) is 79.1 Å². The molecule has 0 bridgehead atoms. The molecule has 0 aliphatic carbocycles. The quantitative estimate of drug-likeness (QED) is 0.0870. The van der Waals surface area contributed by atoms with E-state index in [1.807, 2.05) is 0 Å². The first-order chi connectivity index (χ1) is 23.9. The van der Waals surface area contributed by atoms with E-state index in [1.54, 1.807) is 14.1 Å². The van der Waals surface area contributed by atoms with E-state index in [9.17, 15) is 19.2 Å². The second-order valence-electron chi connectivity index (χ2n) is 12.3. The average Bonchev–Trinajstić information content (AvgIpc) is 3.84. The molecule has 2 saturated heterocycles. The maximum Gasteiger partial charge on any atom is 0.342 e. The predicted molar refractivity (Wildman–Crippen MR) is 205 cm³/mol. The Morgan fingerprint density at radius 2 is 1.12 bits per heavy atom. The van der Waals surface area contributed by atoms with Gasteiger partial charge in [-0.05, 0) is 36.8 Å². The third-order valence-electron chi connectivity index (χ3n) is 8.65. The summed E-state index contributed by atoms with van der Waals surface area (Å²) in [6.45, 7) is 8.75. The van der Waals surface area contributed by atoms with Gasteiger partial charge in [-0.1, -0.05) is 114 Å². The number of esters is 2. The van der Waals surface area contributed by atoms with Crippen LogP contribution in [-0.2, 0) is 19.1 Å². The lowest BCUT2D eigenvalue weighted by Gasteiger charge is -2.15. The lowest BCUT2D eigenvalue weighted by atomic mass is 10.0. The Hall–Kier alpha value is -3.20. The number of hydrogen-bond donors (Lipinski definition) is 0. The van der Waals surface area contributed by atoms with E-state index < -0.39 is 11.9 Å². The molecule has 2 unspecified atom stereocenters. The van der Waals surface area contributed by atoms with Gasteiger partial charge >= 0.3 is 11.9 Å². The fourth-order valence-corrected chi connectivity index (χ4v) is 7.61. The summed E-state index contributed by atoms with van der Waals surface area (Å²) in [7, 11) is 3.16. The minimum atomic E-state index is -0.670. The summed E-state index contributed by atoms with van der Waals surface area (Å²) in [5.74, 6) is -1.42. The van der Waals surface area contributed by atoms with Gasteiger partial charge in [-0.15, -0.1) is 0 Å². The molecule has 14 heteroatoms. The van der Waals surface area contributed by atoms with Crippen molar-refractivity contribution in [3.63, 3.8) is 0 Å². The maximum absolute atomic E-state index is 13.7. The largest absolute Gasteiger partial charge is 0.462 e. The molecular weight excluding hydrogens is 717 g/mol. The van der Waals surface area contributed by atoms with Gasteiger partial charge in [0.2, 0.25) is 0 Å². The molecule has 0 aromatic carbocycles. The van der Waals surface area contributed by atoms with Crippen LogP contribution >= 0.6 is 48.0 Å². The fourth-order valence-electron chi connectivity index (χ4n) is 5.29. The number of ether oxygens (including phenoxy) is 2. The Morgan fingerprint density at radius 3 is 1.42 bits per heavy atom. The standard InChI is InChI=1S/C36H44N2O8S4/c1-7-11-13-21(9-3)19-43-33(41)25-15-23(17-27-31(39)37(5)35(47)49-27)45-29(25)30-26(34(42)44-20-22(10-4)14-12-8-2)16-24(46-30)18-28-32(40)38(6)36(48)50-28/h15-18,21-22H,7-14,19-20H2,1-6H3/b27-17-,28-18-. The minimum Gasteiger partial charge on any atom is -0.462 e. The van der Waals surface area contributed by atoms with Crippen LogP contribution in [0.4, 0.5) is 0 Å². The van der Waals surface area contributed by atoms with E-state index >= 15 is 0 Å². The maximum atomic E-state index is 13.7. The Labute approximate surface area is 312 Å². The minimum absolute atomic E-state index is 0.0118. The highest BCUT2D eigenvalue weighted by Crippen LogP contribution is 2.39. The van der Waals surface area contributed by atoms with Crippen molar-refractivity contribution in [2.75, 3.05) is 27.3 Å². The van der Waals surface area contributed by atoms with Crippen LogP contribution in [0.15, 0.2) is 30.8 Å². The van der Waals surface area contributed by atoms with Crippen molar-refractivity contribution in [3.8, 4) is 11.5 Å². The third-order valence-corrected chi connectivity index (χ3v) is 11.6. The van der Waals surface area contributed by atoms with E-state index in [2.05, 4.69) is 27.7 Å². The van der Waals surface area contributed by atoms with E-state index in [-0.39, 0.29) is 71.0 Å². The number of thioether (sulfide) groups is 2. The van der Waals surface area contributed by atoms with Gasteiger partial charge in [-0.2, -0.15) is 0 Å². The zero-order chi connectivity index (χ0) is 36.5. The summed E-state index contributed by atoms with van der Waals surface area (Å²) in [5, 5.41) is 0. The van der Waals surface area contributed by atoms with E-state index in [4.69, 9.17) is 42.7 Å². The molecule has 2 aliphatic heterocycles. The molecular formula is C36H44N2O8S4. The SMILES string of the molecule is CCCCC(CC)COC(=O)c1cc(/C=C2\SC(=S)N(C)C2=O)oc1-c1oc(/C=C2\SC(=S)N(C)C2=O)cc1C(=O)OCC(CC)CCCC. The third kappa shape index (κ3) is 9.56. The highest BCUT2D eigenvalue weighted by atomic mass is 32.2. The second-order valence-corrected chi connectivity index (χ2v) is 15.6. The molecule has 270 valence electrons. The highest BCUT2D eigenvalue weighted by molar-refractivity contribution is 8.27. The van der Waals surface area contributed by atoms with Gasteiger partial charge in [0.1, 0.15) is 31.3 Å². The van der Waals surface area contributed by atoms with Crippen LogP contribution in [0.3, 0.4) is 0 Å². The summed E-state index contributed by atoms with van der Waals surface area (Å²) >= 11 is 12.8. The summed E-state index contributed by atoms with van der Waals surface area (Å²) in [6.07, 6.45) is 10.6. The zero-order valence-corrected chi connectivity index (χ0v) is 32.6. The molecule has 50 heavy (non-hydrogen) atoms. The molecule has 2 aromatic heterocycles. The van der Waals surface area contributed by atoms with Crippen molar-refractivity contribution in [1.29, 1.82) is 0 Å². The van der Waals surface area contributed by atoms with Crippen LogP contribution in [0.5, 0.6) is 0 Å². The van der Waals surface area contributed by atoms with Gasteiger partial charge in [-0.3, -0.25) is 19.4 Å². The number of furan rings is 2. The van der Waals surface area contributed by atoms with Crippen molar-refractivity contribution in [1.82, 2.24) is 9.80 Å². The van der Waals surface area contributed by atoms with E-state index in [0.717, 1.165) is 74.9 Å². The van der Waals surface area contributed by atoms with Crippen molar-refractivity contribution >= 4 is 92.5 Å². The highest BCUT2D eigenvalue weighted by Gasteiger charge is 2.34. The lowest BCUT2D eigenvalue weighted by Crippen LogP contribution is -2.22. The molecule has 2 aliphatic rings. The Balaban J connectivity index is 1.79. The molecule has 0 saturated carbocycles. The molecule has 2 aromatic rings. The summed E-state index contributed by atoms with van der Waals surface area (Å²) in [4.78, 5) is 56.4. The van der Waals surface area contributed by atoms with E-state index in [0.29, 0.717) is 18.5 Å². The molecule has 0 spiro atoms. The van der Waals surface area contributed by atoms with Gasteiger partial charge in [0.15, 0.2) is 11.5 Å². The normalized spacial score (nSPS) is 17.8. The van der Waals surface area contributed by atoms with Crippen molar-refractivity contribution in [2.24, 2.45) is 11.8 Å². The van der Waals surface area contributed by atoms with Crippen molar-refractivity contribution < 1.29 is 37.5 Å². The molecule has 4 heterocycles. The number of rotatable bonds is 17. The summed E-state index contributed by atoms with van der Waals surface area (Å²) < 4.78 is 24.8. The lowest BCUT2D eigenvalue weighted by molar-refractivity contribution is -0.122. The summed E-state index contributed by atoms with van der Waals surface area (Å²) in [6, 6.07) is 2.93. The van der Waals surface area contributed by atoms with E-state index in [1.165, 1.54) is 34.1 Å². The topological polar surface area (TPSA) is 119 Å². The van der Waals surface area contributed by atoms with Crippen LogP contribution in [0.25, 0.3) is 23.7 Å². The predicted octanol–water partition coefficient (Wildman–Crippen LogP) is 8.95. The molecule has 2 fully saturated rings. The van der Waals surface area contributed by atoms with Crippen LogP contribution in [-0.4, -0.2) is 69.5 Å². The number of thiocarbonyl (C=S) groups is 2. The molecule has 2 amide bonds. The first-order valence-electron chi connectivity index (χ1n) is 17.0. The molecule has 2 atom stereocenters. The van der Waals surface area contributed by atoms with Gasteiger partial charge < -0.3 is 18.3 Å². The fraction of sp³-hybridized carbons (Fsp3) is 0.500. The number of carbonyl (C=O) groups excluding carboxylic acids is 4. The Morgan fingerprint density at radius 1 is 0.740 bits per heavy atom. The zero-order valence-electron chi connectivity index (χ0n) is 29.3. The Kier molecular flexibility index (Phi) is 14.5. The number of likely N-dealkylation sites (N-methyl/N-ethyl adjacent to an activating group) is 2. The Bertz CT molecular complexity index is 1570. The number of nitrogens with zero attached hydrogens (tertiary/aromatic N) is 2. The smallest absolute Gasteiger partial charge is 0.342 e. The van der Waals surface area contributed by atoms with Crippen molar-refractivity contribution in [3.05, 3.63) is 44.6 Å². The average molecular weight is 761 g/mol. The number of amides is 2. The number of carbonyl (C=O) groups is 4. The summed E-state index contributed by atoms with van der Waals surface area (Å²) in [5.41, 5.74) is 0.0237. The van der Waals surface area contributed by atoms with Gasteiger partial charge in [0, 0.05) is 26.2 Å². The number of unbranched alkanes of at least 4 members (excludes halogenated alkanes) is 2. The number of hydrogen-bond acceptors (Lipinski definition) is 12.